The van der Waals surface area contributed by atoms with E-state index in [2.05, 4.69) is 28.9 Å². The van der Waals surface area contributed by atoms with Gasteiger partial charge in [-0.3, -0.25) is 4.21 Å². The Morgan fingerprint density at radius 2 is 2.00 bits per heavy atom. The van der Waals surface area contributed by atoms with Crippen molar-refractivity contribution in [3.8, 4) is 0 Å². The maximum absolute atomic E-state index is 12.5. The predicted octanol–water partition coefficient (Wildman–Crippen LogP) is 1.81. The van der Waals surface area contributed by atoms with Crippen LogP contribution < -0.4 is 4.90 Å². The van der Waals surface area contributed by atoms with Gasteiger partial charge in [0.15, 0.2) is 11.5 Å². The average Bonchev–Trinajstić information content (AvgIpc) is 2.98. The summed E-state index contributed by atoms with van der Waals surface area (Å²) in [6.07, 6.45) is 2.67. The summed E-state index contributed by atoms with van der Waals surface area (Å²) in [6.45, 7) is 7.91. The van der Waals surface area contributed by atoms with Crippen LogP contribution in [0.25, 0.3) is 5.65 Å². The summed E-state index contributed by atoms with van der Waals surface area (Å²) in [6, 6.07) is 3.95. The lowest BCUT2D eigenvalue weighted by molar-refractivity contribution is 0.493. The highest BCUT2D eigenvalue weighted by Gasteiger charge is 2.39. The van der Waals surface area contributed by atoms with Gasteiger partial charge in [-0.15, -0.1) is 15.3 Å². The van der Waals surface area contributed by atoms with Gasteiger partial charge in [-0.2, -0.15) is 4.52 Å². The van der Waals surface area contributed by atoms with Crippen molar-refractivity contribution in [3.63, 3.8) is 0 Å². The van der Waals surface area contributed by atoms with Crippen LogP contribution in [-0.2, 0) is 17.2 Å². The van der Waals surface area contributed by atoms with Gasteiger partial charge in [0.2, 0.25) is 0 Å². The second kappa shape index (κ2) is 5.95. The molecule has 0 aromatic carbocycles. The van der Waals surface area contributed by atoms with Gasteiger partial charge < -0.3 is 4.90 Å². The molecule has 120 valence electrons. The second-order valence-corrected chi connectivity index (χ2v) is 7.76. The normalized spacial score (nSPS) is 21.4. The van der Waals surface area contributed by atoms with Crippen molar-refractivity contribution in [1.82, 2.24) is 19.8 Å². The van der Waals surface area contributed by atoms with E-state index < -0.39 is 10.8 Å². The van der Waals surface area contributed by atoms with E-state index in [4.69, 9.17) is 5.10 Å². The minimum atomic E-state index is -0.757. The van der Waals surface area contributed by atoms with Gasteiger partial charge in [0.1, 0.15) is 5.82 Å². The first kappa shape index (κ1) is 15.4. The van der Waals surface area contributed by atoms with Crippen LogP contribution in [0.2, 0.25) is 0 Å². The molecule has 1 unspecified atom stereocenters. The molecule has 0 amide bonds. The highest BCUT2D eigenvalue weighted by atomic mass is 32.2. The molecule has 6 nitrogen and oxygen atoms in total. The summed E-state index contributed by atoms with van der Waals surface area (Å²) in [7, 11) is -0.757. The SMILES string of the molecule is CCc1nnc2ccc(N3CCS(=O)C(CC)(CC)C3)nn12. The monoisotopic (exact) mass is 321 g/mol. The molecule has 0 bridgehead atoms. The van der Waals surface area contributed by atoms with Crippen molar-refractivity contribution in [3.05, 3.63) is 18.0 Å². The third-order valence-electron chi connectivity index (χ3n) is 4.75. The lowest BCUT2D eigenvalue weighted by Crippen LogP contribution is -2.53. The number of fused-ring (bicyclic) bond motifs is 1. The van der Waals surface area contributed by atoms with E-state index in [0.717, 1.165) is 49.6 Å². The van der Waals surface area contributed by atoms with Crippen LogP contribution in [0.15, 0.2) is 12.1 Å². The predicted molar refractivity (Wildman–Crippen MR) is 88.7 cm³/mol. The molecule has 1 saturated heterocycles. The number of hydrogen-bond acceptors (Lipinski definition) is 5. The molecular weight excluding hydrogens is 298 g/mol. The van der Waals surface area contributed by atoms with E-state index in [9.17, 15) is 4.21 Å². The van der Waals surface area contributed by atoms with Gasteiger partial charge in [-0.25, -0.2) is 0 Å². The van der Waals surface area contributed by atoms with Crippen LogP contribution in [0.1, 0.15) is 39.4 Å². The maximum Gasteiger partial charge on any atom is 0.178 e. The minimum absolute atomic E-state index is 0.115. The lowest BCUT2D eigenvalue weighted by Gasteiger charge is -2.41. The molecule has 3 heterocycles. The molecule has 1 atom stereocenters. The van der Waals surface area contributed by atoms with E-state index in [1.54, 1.807) is 0 Å². The number of hydrogen-bond donors (Lipinski definition) is 0. The summed E-state index contributed by atoms with van der Waals surface area (Å²) in [5, 5.41) is 13.0. The standard InChI is InChI=1S/C15H23N5OS/c1-4-12-16-17-13-7-8-14(18-20(12)13)19-9-10-22(21)15(5-2,6-3)11-19/h7-8H,4-6,9-11H2,1-3H3. The zero-order valence-corrected chi connectivity index (χ0v) is 14.3. The van der Waals surface area contributed by atoms with Crippen molar-refractivity contribution in [1.29, 1.82) is 0 Å². The van der Waals surface area contributed by atoms with Gasteiger partial charge in [-0.05, 0) is 25.0 Å². The molecule has 2 aromatic rings. The number of aromatic nitrogens is 4. The molecule has 1 aliphatic heterocycles. The molecular formula is C15H23N5OS. The van der Waals surface area contributed by atoms with Gasteiger partial charge >= 0.3 is 0 Å². The van der Waals surface area contributed by atoms with Gasteiger partial charge in [-0.1, -0.05) is 20.8 Å². The summed E-state index contributed by atoms with van der Waals surface area (Å²) >= 11 is 0. The summed E-state index contributed by atoms with van der Waals surface area (Å²) in [5.41, 5.74) is 0.776. The van der Waals surface area contributed by atoms with Crippen LogP contribution in [0.4, 0.5) is 5.82 Å². The molecule has 0 saturated carbocycles. The maximum atomic E-state index is 12.5. The average molecular weight is 321 g/mol. The highest BCUT2D eigenvalue weighted by Crippen LogP contribution is 2.30. The zero-order chi connectivity index (χ0) is 15.7. The topological polar surface area (TPSA) is 63.4 Å². The molecule has 3 rings (SSSR count). The quantitative estimate of drug-likeness (QED) is 0.859. The first-order valence-corrected chi connectivity index (χ1v) is 9.30. The molecule has 0 radical (unpaired) electrons. The molecule has 0 spiro atoms. The number of rotatable bonds is 4. The van der Waals surface area contributed by atoms with Crippen molar-refractivity contribution < 1.29 is 4.21 Å². The molecule has 0 aliphatic carbocycles. The van der Waals surface area contributed by atoms with Crippen molar-refractivity contribution in [2.75, 3.05) is 23.7 Å². The molecule has 7 heteroatoms. The summed E-state index contributed by atoms with van der Waals surface area (Å²) in [4.78, 5) is 2.26. The van der Waals surface area contributed by atoms with E-state index in [0.29, 0.717) is 5.75 Å². The fourth-order valence-electron chi connectivity index (χ4n) is 3.11. The van der Waals surface area contributed by atoms with Crippen molar-refractivity contribution >= 4 is 22.3 Å². The Bertz CT molecular complexity index is 694. The van der Waals surface area contributed by atoms with E-state index in [1.165, 1.54) is 0 Å². The second-order valence-electron chi connectivity index (χ2n) is 5.79. The number of anilines is 1. The lowest BCUT2D eigenvalue weighted by atomic mass is 10.0. The first-order valence-electron chi connectivity index (χ1n) is 7.98. The third-order valence-corrected chi connectivity index (χ3v) is 6.98. The van der Waals surface area contributed by atoms with Crippen molar-refractivity contribution in [2.45, 2.75) is 44.8 Å². The highest BCUT2D eigenvalue weighted by molar-refractivity contribution is 7.86. The van der Waals surface area contributed by atoms with Gasteiger partial charge in [0.25, 0.3) is 0 Å². The minimum Gasteiger partial charge on any atom is -0.353 e. The van der Waals surface area contributed by atoms with Crippen LogP contribution in [0.5, 0.6) is 0 Å². The Labute approximate surface area is 133 Å². The van der Waals surface area contributed by atoms with E-state index in [-0.39, 0.29) is 4.75 Å². The van der Waals surface area contributed by atoms with E-state index >= 15 is 0 Å². The third kappa shape index (κ3) is 2.41. The molecule has 0 N–H and O–H groups in total. The smallest absolute Gasteiger partial charge is 0.178 e. The molecule has 22 heavy (non-hydrogen) atoms. The molecule has 2 aromatic heterocycles. The van der Waals surface area contributed by atoms with Crippen LogP contribution in [0, 0.1) is 0 Å². The van der Waals surface area contributed by atoms with Gasteiger partial charge in [0, 0.05) is 36.1 Å². The largest absolute Gasteiger partial charge is 0.353 e. The Morgan fingerprint density at radius 3 is 2.68 bits per heavy atom. The Balaban J connectivity index is 1.95. The van der Waals surface area contributed by atoms with E-state index in [1.807, 2.05) is 23.6 Å². The molecule has 1 fully saturated rings. The van der Waals surface area contributed by atoms with Crippen LogP contribution >= 0.6 is 0 Å². The van der Waals surface area contributed by atoms with Crippen LogP contribution in [-0.4, -0.2) is 47.6 Å². The van der Waals surface area contributed by atoms with Crippen LogP contribution in [0.3, 0.4) is 0 Å². The fraction of sp³-hybridized carbons (Fsp3) is 0.667. The molecule has 1 aliphatic rings. The summed E-state index contributed by atoms with van der Waals surface area (Å²) in [5.74, 6) is 2.50. The number of nitrogens with zero attached hydrogens (tertiary/aromatic N) is 5. The Kier molecular flexibility index (Phi) is 4.16. The number of aryl methyl sites for hydroxylation is 1. The Morgan fingerprint density at radius 1 is 1.23 bits per heavy atom. The summed E-state index contributed by atoms with van der Waals surface area (Å²) < 4.78 is 14.2. The first-order chi connectivity index (χ1) is 10.6. The Hall–Kier alpha value is -1.50. The zero-order valence-electron chi connectivity index (χ0n) is 13.4. The fourth-order valence-corrected chi connectivity index (χ4v) is 4.88. The van der Waals surface area contributed by atoms with Gasteiger partial charge in [0.05, 0.1) is 4.75 Å². The van der Waals surface area contributed by atoms with Crippen molar-refractivity contribution in [2.24, 2.45) is 0 Å².